The molecule has 0 saturated carbocycles. The summed E-state index contributed by atoms with van der Waals surface area (Å²) in [5.74, 6) is -10.9. The SMILES string of the molecule is NC(=O)c1ccc[n+](Cc2c(F)c(F)c(F)c(F)c2F)c1.[Cl-]. The zero-order valence-electron chi connectivity index (χ0n) is 10.7. The number of aromatic nitrogens is 1. The van der Waals surface area contributed by atoms with E-state index in [2.05, 4.69) is 0 Å². The first kappa shape index (κ1) is 17.8. The van der Waals surface area contributed by atoms with Gasteiger partial charge in [0.1, 0.15) is 5.56 Å². The normalized spacial score (nSPS) is 10.2. The molecule has 1 aromatic carbocycles. The molecule has 0 saturated heterocycles. The van der Waals surface area contributed by atoms with E-state index in [-0.39, 0.29) is 18.0 Å². The summed E-state index contributed by atoms with van der Waals surface area (Å²) < 4.78 is 67.2. The third-order valence-corrected chi connectivity index (χ3v) is 2.78. The van der Waals surface area contributed by atoms with Gasteiger partial charge in [-0.25, -0.2) is 22.0 Å². The second-order valence-corrected chi connectivity index (χ2v) is 4.18. The molecular weight excluding hydrogens is 331 g/mol. The Morgan fingerprint density at radius 1 is 1.00 bits per heavy atom. The predicted molar refractivity (Wildman–Crippen MR) is 60.5 cm³/mol. The number of rotatable bonds is 3. The highest BCUT2D eigenvalue weighted by molar-refractivity contribution is 5.92. The smallest absolute Gasteiger partial charge is 0.254 e. The van der Waals surface area contributed by atoms with Crippen LogP contribution < -0.4 is 22.7 Å². The summed E-state index contributed by atoms with van der Waals surface area (Å²) in [6.45, 7) is -0.646. The summed E-state index contributed by atoms with van der Waals surface area (Å²) in [4.78, 5) is 11.0. The maximum atomic E-state index is 13.5. The first-order chi connectivity index (χ1) is 9.82. The van der Waals surface area contributed by atoms with Gasteiger partial charge in [-0.1, -0.05) is 0 Å². The zero-order valence-corrected chi connectivity index (χ0v) is 11.5. The molecule has 1 aromatic heterocycles. The Labute approximate surface area is 127 Å². The topological polar surface area (TPSA) is 47.0 Å². The van der Waals surface area contributed by atoms with E-state index in [1.807, 2.05) is 0 Å². The van der Waals surface area contributed by atoms with Crippen molar-refractivity contribution in [2.24, 2.45) is 5.73 Å². The van der Waals surface area contributed by atoms with E-state index in [1.54, 1.807) is 0 Å². The van der Waals surface area contributed by atoms with Crippen molar-refractivity contribution in [3.8, 4) is 0 Å². The molecule has 2 aromatic rings. The number of hydrogen-bond donors (Lipinski definition) is 1. The fourth-order valence-electron chi connectivity index (χ4n) is 1.74. The molecule has 0 aliphatic rings. The van der Waals surface area contributed by atoms with Gasteiger partial charge in [-0.3, -0.25) is 4.79 Å². The molecule has 0 fully saturated rings. The van der Waals surface area contributed by atoms with Crippen molar-refractivity contribution >= 4 is 5.91 Å². The highest BCUT2D eigenvalue weighted by atomic mass is 35.5. The highest BCUT2D eigenvalue weighted by Gasteiger charge is 2.27. The quantitative estimate of drug-likeness (QED) is 0.326. The van der Waals surface area contributed by atoms with Crippen LogP contribution in [0.3, 0.4) is 0 Å². The number of hydrogen-bond acceptors (Lipinski definition) is 1. The van der Waals surface area contributed by atoms with Crippen LogP contribution in [0.2, 0.25) is 0 Å². The van der Waals surface area contributed by atoms with Crippen LogP contribution in [0.4, 0.5) is 22.0 Å². The number of carbonyl (C=O) groups is 1. The van der Waals surface area contributed by atoms with Crippen LogP contribution in [0.1, 0.15) is 15.9 Å². The predicted octanol–water partition coefficient (Wildman–Crippen LogP) is -1.18. The molecule has 3 nitrogen and oxygen atoms in total. The van der Waals surface area contributed by atoms with Crippen molar-refractivity contribution in [3.05, 3.63) is 64.7 Å². The largest absolute Gasteiger partial charge is 1.00 e. The minimum absolute atomic E-state index is 0. The molecule has 0 aliphatic carbocycles. The summed E-state index contributed by atoms with van der Waals surface area (Å²) in [5, 5.41) is 0. The molecule has 118 valence electrons. The average Bonchev–Trinajstić information content (AvgIpc) is 2.48. The Hall–Kier alpha value is -2.22. The molecule has 0 radical (unpaired) electrons. The van der Waals surface area contributed by atoms with Crippen molar-refractivity contribution in [3.63, 3.8) is 0 Å². The second-order valence-electron chi connectivity index (χ2n) is 4.18. The number of amides is 1. The first-order valence-electron chi connectivity index (χ1n) is 5.62. The van der Waals surface area contributed by atoms with E-state index in [1.165, 1.54) is 18.3 Å². The van der Waals surface area contributed by atoms with Crippen molar-refractivity contribution in [1.29, 1.82) is 0 Å². The van der Waals surface area contributed by atoms with Gasteiger partial charge in [0, 0.05) is 6.07 Å². The van der Waals surface area contributed by atoms with Crippen LogP contribution in [-0.2, 0) is 6.54 Å². The van der Waals surface area contributed by atoms with E-state index in [0.717, 1.165) is 10.8 Å². The van der Waals surface area contributed by atoms with Crippen molar-refractivity contribution in [1.82, 2.24) is 0 Å². The lowest BCUT2D eigenvalue weighted by Crippen LogP contribution is -3.00. The van der Waals surface area contributed by atoms with Gasteiger partial charge < -0.3 is 18.1 Å². The standard InChI is InChI=1S/C13H7F5N2O.ClH/c14-8-7(9(15)11(17)12(18)10(8)16)5-20-3-1-2-6(4-20)13(19)21;/h1-4H,5H2,(H-,19,21);1H. The Bertz CT molecular complexity index is 710. The lowest BCUT2D eigenvalue weighted by molar-refractivity contribution is -0.689. The average molecular weight is 339 g/mol. The fourth-order valence-corrected chi connectivity index (χ4v) is 1.74. The fraction of sp³-hybridized carbons (Fsp3) is 0.0769. The number of nitrogens with two attached hydrogens (primary N) is 1. The first-order valence-corrected chi connectivity index (χ1v) is 5.62. The third-order valence-electron chi connectivity index (χ3n) is 2.78. The summed E-state index contributed by atoms with van der Waals surface area (Å²) in [7, 11) is 0. The van der Waals surface area contributed by atoms with Gasteiger partial charge in [0.05, 0.1) is 5.56 Å². The van der Waals surface area contributed by atoms with E-state index in [4.69, 9.17) is 5.73 Å². The van der Waals surface area contributed by atoms with Gasteiger partial charge in [0.2, 0.25) is 5.82 Å². The summed E-state index contributed by atoms with van der Waals surface area (Å²) in [5.41, 5.74) is 4.06. The lowest BCUT2D eigenvalue weighted by Gasteiger charge is -2.06. The van der Waals surface area contributed by atoms with Gasteiger partial charge in [0.15, 0.2) is 42.2 Å². The van der Waals surface area contributed by atoms with Gasteiger partial charge in [0.25, 0.3) is 5.91 Å². The molecule has 0 spiro atoms. The van der Waals surface area contributed by atoms with Crippen molar-refractivity contribution in [2.75, 3.05) is 0 Å². The summed E-state index contributed by atoms with van der Waals surface area (Å²) in [6, 6.07) is 2.70. The number of carbonyl (C=O) groups excluding carboxylic acids is 1. The summed E-state index contributed by atoms with van der Waals surface area (Å²) >= 11 is 0. The van der Waals surface area contributed by atoms with Gasteiger partial charge >= 0.3 is 0 Å². The molecule has 22 heavy (non-hydrogen) atoms. The number of pyridine rings is 1. The zero-order chi connectivity index (χ0) is 15.7. The van der Waals surface area contributed by atoms with E-state index in [0.29, 0.717) is 0 Å². The minimum atomic E-state index is -2.22. The molecular formula is C13H8ClF5N2O. The molecule has 0 aliphatic heterocycles. The van der Waals surface area contributed by atoms with Crippen molar-refractivity contribution in [2.45, 2.75) is 6.54 Å². The maximum absolute atomic E-state index is 13.5. The highest BCUT2D eigenvalue weighted by Crippen LogP contribution is 2.22. The molecule has 1 amide bonds. The molecule has 2 rings (SSSR count). The van der Waals surface area contributed by atoms with Crippen LogP contribution in [-0.4, -0.2) is 5.91 Å². The number of nitrogens with zero attached hydrogens (tertiary/aromatic N) is 1. The molecule has 1 heterocycles. The van der Waals surface area contributed by atoms with Gasteiger partial charge in [-0.2, -0.15) is 4.57 Å². The number of benzene rings is 1. The Balaban J connectivity index is 0.00000242. The molecule has 9 heteroatoms. The molecule has 0 bridgehead atoms. The summed E-state index contributed by atoms with van der Waals surface area (Å²) in [6.07, 6.45) is 2.44. The Morgan fingerprint density at radius 2 is 1.50 bits per heavy atom. The third kappa shape index (κ3) is 3.16. The van der Waals surface area contributed by atoms with E-state index in [9.17, 15) is 26.7 Å². The number of halogens is 6. The lowest BCUT2D eigenvalue weighted by atomic mass is 10.1. The van der Waals surface area contributed by atoms with E-state index < -0.39 is 47.1 Å². The maximum Gasteiger partial charge on any atom is 0.254 e. The Morgan fingerprint density at radius 3 is 2.00 bits per heavy atom. The van der Waals surface area contributed by atoms with Crippen LogP contribution >= 0.6 is 0 Å². The van der Waals surface area contributed by atoms with Crippen LogP contribution in [0, 0.1) is 29.1 Å². The van der Waals surface area contributed by atoms with Gasteiger partial charge in [-0.15, -0.1) is 0 Å². The second kappa shape index (κ2) is 6.69. The number of primary amides is 1. The minimum Gasteiger partial charge on any atom is -1.00 e. The van der Waals surface area contributed by atoms with E-state index >= 15 is 0 Å². The van der Waals surface area contributed by atoms with Crippen LogP contribution in [0.25, 0.3) is 0 Å². The van der Waals surface area contributed by atoms with Crippen molar-refractivity contribution < 1.29 is 43.7 Å². The molecule has 0 atom stereocenters. The molecule has 0 unspecified atom stereocenters. The Kier molecular flexibility index (Phi) is 5.43. The van der Waals surface area contributed by atoms with Crippen LogP contribution in [0.5, 0.6) is 0 Å². The van der Waals surface area contributed by atoms with Gasteiger partial charge in [-0.05, 0) is 6.07 Å². The monoisotopic (exact) mass is 338 g/mol. The molecule has 2 N–H and O–H groups in total. The van der Waals surface area contributed by atoms with Crippen LogP contribution in [0.15, 0.2) is 24.5 Å².